The predicted molar refractivity (Wildman–Crippen MR) is 59.1 cm³/mol. The summed E-state index contributed by atoms with van der Waals surface area (Å²) in [5, 5.41) is 0. The highest BCUT2D eigenvalue weighted by atomic mass is 16.5. The molecule has 0 aromatic heterocycles. The molecule has 0 spiro atoms. The van der Waals surface area contributed by atoms with Crippen LogP contribution in [0.1, 0.15) is 10.4 Å². The van der Waals surface area contributed by atoms with Crippen molar-refractivity contribution in [2.45, 2.75) is 0 Å². The molecule has 0 fully saturated rings. The van der Waals surface area contributed by atoms with E-state index in [1.807, 2.05) is 0 Å². The van der Waals surface area contributed by atoms with Gasteiger partial charge in [0.2, 0.25) is 5.91 Å². The van der Waals surface area contributed by atoms with Crippen LogP contribution in [0, 0.1) is 0 Å². The maximum Gasteiger partial charge on any atom is 0.259 e. The largest absolute Gasteiger partial charge is 0.484 e. The number of benzene rings is 1. The van der Waals surface area contributed by atoms with Crippen LogP contribution in [0.5, 0.6) is 5.75 Å². The number of amides is 2. The van der Waals surface area contributed by atoms with Gasteiger partial charge in [0.25, 0.3) is 5.91 Å². The van der Waals surface area contributed by atoms with Crippen molar-refractivity contribution in [3.05, 3.63) is 29.8 Å². The molecule has 0 heterocycles. The molecule has 5 heteroatoms. The maximum absolute atomic E-state index is 11.2. The van der Waals surface area contributed by atoms with Gasteiger partial charge in [-0.05, 0) is 24.3 Å². The third-order valence-electron chi connectivity index (χ3n) is 2.00. The van der Waals surface area contributed by atoms with Crippen LogP contribution < -0.4 is 10.5 Å². The Morgan fingerprint density at radius 3 is 2.25 bits per heavy atom. The summed E-state index contributed by atoms with van der Waals surface area (Å²) < 4.78 is 5.22. The topological polar surface area (TPSA) is 72.6 Å². The average Bonchev–Trinajstić information content (AvgIpc) is 2.26. The molecule has 16 heavy (non-hydrogen) atoms. The van der Waals surface area contributed by atoms with E-state index in [1.54, 1.807) is 38.4 Å². The standard InChI is InChI=1S/C11H14N2O3/c1-13(2)10(14)7-16-9-5-3-8(4-6-9)11(12)15/h3-6H,7H2,1-2H3,(H2,12,15). The second-order valence-corrected chi connectivity index (χ2v) is 3.47. The number of rotatable bonds is 4. The molecule has 0 bridgehead atoms. The number of carbonyl (C=O) groups is 2. The number of nitrogens with zero attached hydrogens (tertiary/aromatic N) is 1. The van der Waals surface area contributed by atoms with Gasteiger partial charge in [0.1, 0.15) is 5.75 Å². The van der Waals surface area contributed by atoms with Crippen molar-refractivity contribution in [1.82, 2.24) is 4.90 Å². The number of hydrogen-bond acceptors (Lipinski definition) is 3. The lowest BCUT2D eigenvalue weighted by molar-refractivity contribution is -0.130. The van der Waals surface area contributed by atoms with E-state index in [2.05, 4.69) is 0 Å². The fourth-order valence-electron chi connectivity index (χ4n) is 0.990. The molecule has 2 N–H and O–H groups in total. The van der Waals surface area contributed by atoms with Crippen LogP contribution in [0.3, 0.4) is 0 Å². The Morgan fingerprint density at radius 1 is 1.25 bits per heavy atom. The van der Waals surface area contributed by atoms with Gasteiger partial charge >= 0.3 is 0 Å². The normalized spacial score (nSPS) is 9.62. The molecule has 2 amide bonds. The Bertz CT molecular complexity index is 385. The minimum absolute atomic E-state index is 0.0249. The van der Waals surface area contributed by atoms with Gasteiger partial charge in [0, 0.05) is 19.7 Å². The first-order chi connectivity index (χ1) is 7.50. The molecule has 0 saturated carbocycles. The van der Waals surface area contributed by atoms with Crippen LogP contribution in [-0.2, 0) is 4.79 Å². The summed E-state index contributed by atoms with van der Waals surface area (Å²) in [7, 11) is 3.31. The molecular weight excluding hydrogens is 208 g/mol. The fraction of sp³-hybridized carbons (Fsp3) is 0.273. The zero-order chi connectivity index (χ0) is 12.1. The van der Waals surface area contributed by atoms with Crippen LogP contribution in [0.15, 0.2) is 24.3 Å². The summed E-state index contributed by atoms with van der Waals surface area (Å²) in [5.41, 5.74) is 5.49. The van der Waals surface area contributed by atoms with Gasteiger partial charge in [-0.25, -0.2) is 0 Å². The zero-order valence-electron chi connectivity index (χ0n) is 9.27. The number of ether oxygens (including phenoxy) is 1. The molecule has 5 nitrogen and oxygen atoms in total. The van der Waals surface area contributed by atoms with E-state index in [0.717, 1.165) is 0 Å². The van der Waals surface area contributed by atoms with Gasteiger partial charge in [-0.1, -0.05) is 0 Å². The Hall–Kier alpha value is -2.04. The van der Waals surface area contributed by atoms with E-state index >= 15 is 0 Å². The van der Waals surface area contributed by atoms with Crippen molar-refractivity contribution in [3.8, 4) is 5.75 Å². The Balaban J connectivity index is 2.56. The van der Waals surface area contributed by atoms with Gasteiger partial charge in [0.05, 0.1) is 0 Å². The van der Waals surface area contributed by atoms with Crippen LogP contribution in [0.4, 0.5) is 0 Å². The summed E-state index contributed by atoms with van der Waals surface area (Å²) in [6, 6.07) is 6.31. The first kappa shape index (κ1) is 12.0. The van der Waals surface area contributed by atoms with Crippen molar-refractivity contribution < 1.29 is 14.3 Å². The molecule has 1 aromatic carbocycles. The van der Waals surface area contributed by atoms with E-state index in [9.17, 15) is 9.59 Å². The smallest absolute Gasteiger partial charge is 0.259 e. The monoisotopic (exact) mass is 222 g/mol. The Labute approximate surface area is 93.8 Å². The molecule has 0 unspecified atom stereocenters. The van der Waals surface area contributed by atoms with Crippen molar-refractivity contribution in [1.29, 1.82) is 0 Å². The maximum atomic E-state index is 11.2. The minimum Gasteiger partial charge on any atom is -0.484 e. The molecule has 0 aliphatic carbocycles. The van der Waals surface area contributed by atoms with Gasteiger partial charge in [0.15, 0.2) is 6.61 Å². The highest BCUT2D eigenvalue weighted by Gasteiger charge is 2.05. The van der Waals surface area contributed by atoms with Crippen molar-refractivity contribution in [2.24, 2.45) is 5.73 Å². The van der Waals surface area contributed by atoms with Gasteiger partial charge in [-0.3, -0.25) is 9.59 Å². The predicted octanol–water partition coefficient (Wildman–Crippen LogP) is 0.252. The molecule has 1 aromatic rings. The van der Waals surface area contributed by atoms with Gasteiger partial charge in [-0.15, -0.1) is 0 Å². The minimum atomic E-state index is -0.490. The third kappa shape index (κ3) is 3.27. The number of nitrogens with two attached hydrogens (primary N) is 1. The number of likely N-dealkylation sites (N-methyl/N-ethyl adjacent to an activating group) is 1. The molecular formula is C11H14N2O3. The number of primary amides is 1. The summed E-state index contributed by atoms with van der Waals surface area (Å²) in [5.74, 6) is -0.0879. The molecule has 0 aliphatic heterocycles. The highest BCUT2D eigenvalue weighted by molar-refractivity contribution is 5.92. The first-order valence-electron chi connectivity index (χ1n) is 4.73. The number of carbonyl (C=O) groups excluding carboxylic acids is 2. The SMILES string of the molecule is CN(C)C(=O)COc1ccc(C(N)=O)cc1. The quantitative estimate of drug-likeness (QED) is 0.793. The first-order valence-corrected chi connectivity index (χ1v) is 4.73. The average molecular weight is 222 g/mol. The Morgan fingerprint density at radius 2 is 1.81 bits per heavy atom. The van der Waals surface area contributed by atoms with E-state index in [4.69, 9.17) is 10.5 Å². The lowest BCUT2D eigenvalue weighted by Crippen LogP contribution is -2.27. The molecule has 86 valence electrons. The van der Waals surface area contributed by atoms with E-state index in [1.165, 1.54) is 4.90 Å². The van der Waals surface area contributed by atoms with E-state index in [0.29, 0.717) is 11.3 Å². The van der Waals surface area contributed by atoms with Crippen LogP contribution in [0.2, 0.25) is 0 Å². The lowest BCUT2D eigenvalue weighted by atomic mass is 10.2. The molecule has 0 radical (unpaired) electrons. The summed E-state index contributed by atoms with van der Waals surface area (Å²) in [4.78, 5) is 23.4. The molecule has 0 saturated heterocycles. The van der Waals surface area contributed by atoms with E-state index < -0.39 is 5.91 Å². The van der Waals surface area contributed by atoms with Crippen LogP contribution >= 0.6 is 0 Å². The third-order valence-corrected chi connectivity index (χ3v) is 2.00. The summed E-state index contributed by atoms with van der Waals surface area (Å²) in [6.07, 6.45) is 0. The van der Waals surface area contributed by atoms with E-state index in [-0.39, 0.29) is 12.5 Å². The van der Waals surface area contributed by atoms with Crippen molar-refractivity contribution >= 4 is 11.8 Å². The fourth-order valence-corrected chi connectivity index (χ4v) is 0.990. The van der Waals surface area contributed by atoms with Gasteiger partial charge < -0.3 is 15.4 Å². The van der Waals surface area contributed by atoms with Crippen LogP contribution in [0.25, 0.3) is 0 Å². The second-order valence-electron chi connectivity index (χ2n) is 3.47. The summed E-state index contributed by atoms with van der Waals surface area (Å²) >= 11 is 0. The van der Waals surface area contributed by atoms with Crippen molar-refractivity contribution in [2.75, 3.05) is 20.7 Å². The Kier molecular flexibility index (Phi) is 3.88. The number of hydrogen-bond donors (Lipinski definition) is 1. The summed E-state index contributed by atoms with van der Waals surface area (Å²) in [6.45, 7) is -0.0249. The highest BCUT2D eigenvalue weighted by Crippen LogP contribution is 2.11. The second kappa shape index (κ2) is 5.16. The lowest BCUT2D eigenvalue weighted by Gasteiger charge is -2.11. The molecule has 0 atom stereocenters. The van der Waals surface area contributed by atoms with Crippen molar-refractivity contribution in [3.63, 3.8) is 0 Å². The van der Waals surface area contributed by atoms with Gasteiger partial charge in [-0.2, -0.15) is 0 Å². The molecule has 1 rings (SSSR count). The molecule has 0 aliphatic rings. The zero-order valence-corrected chi connectivity index (χ0v) is 9.27. The van der Waals surface area contributed by atoms with Crippen LogP contribution in [-0.4, -0.2) is 37.4 Å².